The zero-order chi connectivity index (χ0) is 16.9. The van der Waals surface area contributed by atoms with Crippen LogP contribution >= 0.6 is 11.6 Å². The first kappa shape index (κ1) is 15.1. The standard InChI is InChI=1S/C18H17ClN2O3/c1-18-10-15(14-9-11(19)3-8-16(14)24-18)20-17(22)21(18)12-4-6-13(23-2)7-5-12/h3-9,15H,10H2,1-2H3,(H,20,22)/t15-,18+/m0/s1. The Bertz CT molecular complexity index is 808. The Balaban J connectivity index is 1.76. The van der Waals surface area contributed by atoms with Gasteiger partial charge in [0.2, 0.25) is 0 Å². The van der Waals surface area contributed by atoms with E-state index in [-0.39, 0.29) is 12.1 Å². The van der Waals surface area contributed by atoms with Crippen LogP contribution in [0.2, 0.25) is 5.02 Å². The summed E-state index contributed by atoms with van der Waals surface area (Å²) in [6, 6.07) is 12.6. The maximum absolute atomic E-state index is 12.7. The van der Waals surface area contributed by atoms with Crippen LogP contribution in [0, 0.1) is 0 Å². The smallest absolute Gasteiger partial charge is 0.325 e. The van der Waals surface area contributed by atoms with Crippen molar-refractivity contribution in [3.05, 3.63) is 53.1 Å². The van der Waals surface area contributed by atoms with Crippen LogP contribution in [0.25, 0.3) is 0 Å². The molecule has 0 saturated carbocycles. The predicted molar refractivity (Wildman–Crippen MR) is 91.8 cm³/mol. The van der Waals surface area contributed by atoms with E-state index < -0.39 is 5.72 Å². The molecule has 2 aromatic carbocycles. The number of anilines is 1. The second-order valence-corrected chi connectivity index (χ2v) is 6.64. The Hall–Kier alpha value is -2.40. The van der Waals surface area contributed by atoms with Gasteiger partial charge >= 0.3 is 6.03 Å². The minimum atomic E-state index is -0.761. The second-order valence-electron chi connectivity index (χ2n) is 6.20. The number of carbonyl (C=O) groups excluding carboxylic acids is 1. The summed E-state index contributed by atoms with van der Waals surface area (Å²) >= 11 is 6.09. The van der Waals surface area contributed by atoms with Gasteiger partial charge in [0.1, 0.15) is 11.5 Å². The normalized spacial score (nSPS) is 24.7. The molecule has 1 fully saturated rings. The van der Waals surface area contributed by atoms with E-state index in [1.165, 1.54) is 0 Å². The molecule has 1 N–H and O–H groups in total. The van der Waals surface area contributed by atoms with Crippen LogP contribution in [0.5, 0.6) is 11.5 Å². The van der Waals surface area contributed by atoms with Gasteiger partial charge in [-0.1, -0.05) is 11.6 Å². The molecule has 6 heteroatoms. The van der Waals surface area contributed by atoms with Crippen molar-refractivity contribution < 1.29 is 14.3 Å². The molecule has 2 aliphatic rings. The highest BCUT2D eigenvalue weighted by Gasteiger charge is 2.49. The Morgan fingerprint density at radius 1 is 1.29 bits per heavy atom. The maximum atomic E-state index is 12.7. The van der Waals surface area contributed by atoms with Gasteiger partial charge in [0.05, 0.1) is 13.2 Å². The fourth-order valence-corrected chi connectivity index (χ4v) is 3.65. The quantitative estimate of drug-likeness (QED) is 0.891. The van der Waals surface area contributed by atoms with E-state index in [1.807, 2.05) is 43.3 Å². The highest BCUT2D eigenvalue weighted by atomic mass is 35.5. The molecule has 4 rings (SSSR count). The van der Waals surface area contributed by atoms with Crippen LogP contribution in [0.15, 0.2) is 42.5 Å². The number of nitrogens with one attached hydrogen (secondary N) is 1. The van der Waals surface area contributed by atoms with Gasteiger partial charge in [-0.05, 0) is 49.4 Å². The lowest BCUT2D eigenvalue weighted by Crippen LogP contribution is -2.65. The summed E-state index contributed by atoms with van der Waals surface area (Å²) in [5.74, 6) is 1.49. The first-order chi connectivity index (χ1) is 11.5. The molecule has 24 heavy (non-hydrogen) atoms. The predicted octanol–water partition coefficient (Wildman–Crippen LogP) is 4.12. The zero-order valence-electron chi connectivity index (χ0n) is 13.4. The Morgan fingerprint density at radius 3 is 2.75 bits per heavy atom. The number of amides is 2. The van der Waals surface area contributed by atoms with Crippen molar-refractivity contribution in [2.45, 2.75) is 25.1 Å². The number of hydrogen-bond donors (Lipinski definition) is 1. The number of halogens is 1. The summed E-state index contributed by atoms with van der Waals surface area (Å²) in [5.41, 5.74) is 0.914. The van der Waals surface area contributed by atoms with E-state index >= 15 is 0 Å². The van der Waals surface area contributed by atoms with Gasteiger partial charge in [0, 0.05) is 22.7 Å². The van der Waals surface area contributed by atoms with Crippen molar-refractivity contribution in [3.8, 4) is 11.5 Å². The molecule has 5 nitrogen and oxygen atoms in total. The summed E-state index contributed by atoms with van der Waals surface area (Å²) in [7, 11) is 1.61. The number of ether oxygens (including phenoxy) is 2. The topological polar surface area (TPSA) is 50.8 Å². The molecule has 2 aromatic rings. The first-order valence-corrected chi connectivity index (χ1v) is 8.11. The lowest BCUT2D eigenvalue weighted by atomic mass is 9.90. The van der Waals surface area contributed by atoms with Crippen LogP contribution in [0.3, 0.4) is 0 Å². The molecule has 0 radical (unpaired) electrons. The third-order valence-electron chi connectivity index (χ3n) is 4.56. The van der Waals surface area contributed by atoms with Crippen LogP contribution in [-0.2, 0) is 0 Å². The molecule has 2 amide bonds. The van der Waals surface area contributed by atoms with E-state index in [0.717, 1.165) is 22.7 Å². The number of nitrogens with zero attached hydrogens (tertiary/aromatic N) is 1. The SMILES string of the molecule is COc1ccc(N2C(=O)N[C@H]3C[C@@]2(C)Oc2ccc(Cl)cc23)cc1. The van der Waals surface area contributed by atoms with Gasteiger partial charge in [-0.3, -0.25) is 4.90 Å². The monoisotopic (exact) mass is 344 g/mol. The van der Waals surface area contributed by atoms with E-state index in [0.29, 0.717) is 11.4 Å². The number of rotatable bonds is 2. The summed E-state index contributed by atoms with van der Waals surface area (Å²) in [6.45, 7) is 1.93. The molecular formula is C18H17ClN2O3. The minimum Gasteiger partial charge on any atom is -0.497 e. The highest BCUT2D eigenvalue weighted by Crippen LogP contribution is 2.46. The van der Waals surface area contributed by atoms with E-state index in [9.17, 15) is 4.79 Å². The van der Waals surface area contributed by atoms with Crippen molar-refractivity contribution in [1.82, 2.24) is 5.32 Å². The van der Waals surface area contributed by atoms with Crippen molar-refractivity contribution >= 4 is 23.3 Å². The lowest BCUT2D eigenvalue weighted by Gasteiger charge is -2.50. The van der Waals surface area contributed by atoms with Gasteiger partial charge in [-0.25, -0.2) is 4.79 Å². The Morgan fingerprint density at radius 2 is 2.04 bits per heavy atom. The number of benzene rings is 2. The molecular weight excluding hydrogens is 328 g/mol. The number of urea groups is 1. The molecule has 2 atom stereocenters. The third-order valence-corrected chi connectivity index (χ3v) is 4.80. The molecule has 2 aliphatic heterocycles. The van der Waals surface area contributed by atoms with Crippen molar-refractivity contribution in [3.63, 3.8) is 0 Å². The molecule has 2 heterocycles. The largest absolute Gasteiger partial charge is 0.497 e. The Kier molecular flexibility index (Phi) is 3.35. The second kappa shape index (κ2) is 5.31. The van der Waals surface area contributed by atoms with Crippen molar-refractivity contribution in [2.24, 2.45) is 0 Å². The van der Waals surface area contributed by atoms with E-state index in [4.69, 9.17) is 21.1 Å². The number of carbonyl (C=O) groups is 1. The molecule has 0 aliphatic carbocycles. The molecule has 0 unspecified atom stereocenters. The van der Waals surface area contributed by atoms with Crippen LogP contribution in [0.1, 0.15) is 24.9 Å². The van der Waals surface area contributed by atoms with Gasteiger partial charge < -0.3 is 14.8 Å². The fraction of sp³-hybridized carbons (Fsp3) is 0.278. The number of fused-ring (bicyclic) bond motifs is 4. The summed E-state index contributed by atoms with van der Waals surface area (Å²) in [4.78, 5) is 14.4. The summed E-state index contributed by atoms with van der Waals surface area (Å²) in [5, 5.41) is 3.68. The van der Waals surface area contributed by atoms with Gasteiger partial charge in [-0.2, -0.15) is 0 Å². The Labute approximate surface area is 145 Å². The van der Waals surface area contributed by atoms with Crippen LogP contribution in [0.4, 0.5) is 10.5 Å². The van der Waals surface area contributed by atoms with E-state index in [2.05, 4.69) is 5.32 Å². The fourth-order valence-electron chi connectivity index (χ4n) is 3.47. The van der Waals surface area contributed by atoms with Gasteiger partial charge in [-0.15, -0.1) is 0 Å². The highest BCUT2D eigenvalue weighted by molar-refractivity contribution is 6.30. The molecule has 2 bridgehead atoms. The summed E-state index contributed by atoms with van der Waals surface area (Å²) in [6.07, 6.45) is 0.637. The average molecular weight is 345 g/mol. The molecule has 0 aromatic heterocycles. The molecule has 124 valence electrons. The average Bonchev–Trinajstić information content (AvgIpc) is 2.55. The van der Waals surface area contributed by atoms with Crippen LogP contribution in [-0.4, -0.2) is 18.9 Å². The van der Waals surface area contributed by atoms with Crippen molar-refractivity contribution in [1.29, 1.82) is 0 Å². The van der Waals surface area contributed by atoms with Gasteiger partial charge in [0.15, 0.2) is 5.72 Å². The number of methoxy groups -OCH3 is 1. The summed E-state index contributed by atoms with van der Waals surface area (Å²) < 4.78 is 11.4. The lowest BCUT2D eigenvalue weighted by molar-refractivity contribution is 0.0379. The first-order valence-electron chi connectivity index (χ1n) is 7.73. The maximum Gasteiger partial charge on any atom is 0.325 e. The minimum absolute atomic E-state index is 0.112. The van der Waals surface area contributed by atoms with Gasteiger partial charge in [0.25, 0.3) is 0 Å². The third kappa shape index (κ3) is 2.27. The molecule has 0 spiro atoms. The molecule has 1 saturated heterocycles. The zero-order valence-corrected chi connectivity index (χ0v) is 14.1. The van der Waals surface area contributed by atoms with Crippen LogP contribution < -0.4 is 19.7 Å². The number of hydrogen-bond acceptors (Lipinski definition) is 3. The van der Waals surface area contributed by atoms with E-state index in [1.54, 1.807) is 18.1 Å². The van der Waals surface area contributed by atoms with Crippen molar-refractivity contribution in [2.75, 3.05) is 12.0 Å².